The molecule has 0 spiro atoms. The van der Waals surface area contributed by atoms with E-state index in [-0.39, 0.29) is 6.29 Å². The Morgan fingerprint density at radius 2 is 1.20 bits per heavy atom. The van der Waals surface area contributed by atoms with E-state index in [1.807, 2.05) is 0 Å². The number of halogens is 1. The van der Waals surface area contributed by atoms with Crippen LogP contribution in [0.4, 0.5) is 0 Å². The Morgan fingerprint density at radius 1 is 0.627 bits per heavy atom. The van der Waals surface area contributed by atoms with Gasteiger partial charge in [-0.1, -0.05) is 176 Å². The van der Waals surface area contributed by atoms with Gasteiger partial charge in [-0.15, -0.1) is 0 Å². The number of ether oxygens (including phenoxy) is 1. The lowest BCUT2D eigenvalue weighted by Gasteiger charge is -2.29. The zero-order valence-corrected chi connectivity index (χ0v) is 38.2. The van der Waals surface area contributed by atoms with E-state index >= 15 is 0 Å². The van der Waals surface area contributed by atoms with E-state index < -0.39 is 8.56 Å². The van der Waals surface area contributed by atoms with E-state index in [1.54, 1.807) is 0 Å². The van der Waals surface area contributed by atoms with Gasteiger partial charge in [-0.3, -0.25) is 0 Å². The van der Waals surface area contributed by atoms with Crippen LogP contribution in [0.5, 0.6) is 0 Å². The van der Waals surface area contributed by atoms with Crippen molar-refractivity contribution < 1.29 is 13.6 Å². The minimum Gasteiger partial charge on any atom is -0.394 e. The first-order valence-electron chi connectivity index (χ1n) is 22.0. The molecule has 0 rings (SSSR count). The number of allylic oxidation sites excluding steroid dienone is 5. The van der Waals surface area contributed by atoms with Gasteiger partial charge in [0.25, 0.3) is 0 Å². The number of rotatable bonds is 38. The van der Waals surface area contributed by atoms with Gasteiger partial charge >= 0.3 is 8.56 Å². The molecule has 0 aliphatic heterocycles. The van der Waals surface area contributed by atoms with E-state index in [9.17, 15) is 0 Å². The second kappa shape index (κ2) is 36.8. The summed E-state index contributed by atoms with van der Waals surface area (Å²) in [6.07, 6.45) is 43.2. The van der Waals surface area contributed by atoms with Crippen molar-refractivity contribution in [1.29, 1.82) is 0 Å². The third-order valence-electron chi connectivity index (χ3n) is 10.1. The average molecular weight is 798 g/mol. The second-order valence-electron chi connectivity index (χ2n) is 16.7. The van der Waals surface area contributed by atoms with Crippen LogP contribution in [0, 0.1) is 17.8 Å². The van der Waals surface area contributed by atoms with E-state index in [0.29, 0.717) is 6.61 Å². The fourth-order valence-corrected chi connectivity index (χ4v) is 8.54. The van der Waals surface area contributed by atoms with Gasteiger partial charge in [0.2, 0.25) is 0 Å². The molecule has 0 fully saturated rings. The topological polar surface area (TPSA) is 27.7 Å². The summed E-state index contributed by atoms with van der Waals surface area (Å²) in [6.45, 7) is 20.0. The maximum atomic E-state index is 6.61. The smallest absolute Gasteiger partial charge is 0.333 e. The second-order valence-corrected chi connectivity index (χ2v) is 20.8. The van der Waals surface area contributed by atoms with E-state index in [2.05, 4.69) is 101 Å². The van der Waals surface area contributed by atoms with Crippen LogP contribution in [0.25, 0.3) is 0 Å². The zero-order valence-electron chi connectivity index (χ0n) is 35.6. The summed E-state index contributed by atoms with van der Waals surface area (Å²) in [4.78, 5) is 0. The minimum atomic E-state index is -2.25. The molecule has 0 saturated carbocycles. The summed E-state index contributed by atoms with van der Waals surface area (Å²) in [7, 11) is -2.25. The Bertz CT molecular complexity index is 823. The molecule has 0 aromatic rings. The largest absolute Gasteiger partial charge is 0.394 e. The summed E-state index contributed by atoms with van der Waals surface area (Å²) >= 11 is 3.54. The van der Waals surface area contributed by atoms with Crippen LogP contribution in [-0.4, -0.2) is 33.4 Å². The highest BCUT2D eigenvalue weighted by atomic mass is 79.9. The molecule has 3 unspecified atom stereocenters. The molecule has 0 aliphatic rings. The van der Waals surface area contributed by atoms with Gasteiger partial charge in [0, 0.05) is 11.9 Å². The maximum Gasteiger partial charge on any atom is 0.333 e. The number of alkyl halides is 1. The molecule has 3 nitrogen and oxygen atoms in total. The minimum absolute atomic E-state index is 0.171. The molecule has 0 radical (unpaired) electrons. The predicted molar refractivity (Wildman–Crippen MR) is 234 cm³/mol. The van der Waals surface area contributed by atoms with Crippen molar-refractivity contribution in [2.75, 3.05) is 18.5 Å². The highest BCUT2D eigenvalue weighted by molar-refractivity contribution is 9.09. The Morgan fingerprint density at radius 3 is 1.84 bits per heavy atom. The van der Waals surface area contributed by atoms with Gasteiger partial charge in [-0.05, 0) is 108 Å². The monoisotopic (exact) mass is 797 g/mol. The van der Waals surface area contributed by atoms with Crippen molar-refractivity contribution in [1.82, 2.24) is 0 Å². The Labute approximate surface area is 330 Å². The lowest BCUT2D eigenvalue weighted by molar-refractivity contribution is -0.0939. The molecular weight excluding hydrogens is 708 g/mol. The molecule has 0 heterocycles. The SMILES string of the molecule is CCCCC/C=C\C/C=C\CCCCCCCC(OC/C=C(\C)CCCC(C)CCCC(C)CCCC(C)C)O[Si](C)(C)OCCCCCCBr. The van der Waals surface area contributed by atoms with Crippen molar-refractivity contribution in [2.45, 2.75) is 221 Å². The van der Waals surface area contributed by atoms with Crippen LogP contribution in [0.15, 0.2) is 36.0 Å². The fraction of sp³-hybridized carbons (Fsp3) is 0.870. The third kappa shape index (κ3) is 37.9. The van der Waals surface area contributed by atoms with Crippen molar-refractivity contribution in [3.05, 3.63) is 36.0 Å². The van der Waals surface area contributed by atoms with Crippen molar-refractivity contribution in [2.24, 2.45) is 17.8 Å². The molecule has 0 bridgehead atoms. The summed E-state index contributed by atoms with van der Waals surface area (Å²) in [6, 6.07) is 0. The predicted octanol–water partition coefficient (Wildman–Crippen LogP) is 16.2. The highest BCUT2D eigenvalue weighted by Gasteiger charge is 2.29. The zero-order chi connectivity index (χ0) is 37.8. The van der Waals surface area contributed by atoms with Crippen molar-refractivity contribution in [3.8, 4) is 0 Å². The van der Waals surface area contributed by atoms with Crippen LogP contribution >= 0.6 is 15.9 Å². The van der Waals surface area contributed by atoms with Crippen LogP contribution in [0.3, 0.4) is 0 Å². The molecule has 0 aliphatic carbocycles. The molecule has 5 heteroatoms. The first-order chi connectivity index (χ1) is 24.6. The van der Waals surface area contributed by atoms with Crippen molar-refractivity contribution in [3.63, 3.8) is 0 Å². The Balaban J connectivity index is 4.51. The van der Waals surface area contributed by atoms with Gasteiger partial charge < -0.3 is 13.6 Å². The van der Waals surface area contributed by atoms with Gasteiger partial charge in [0.1, 0.15) is 6.29 Å². The lowest BCUT2D eigenvalue weighted by Crippen LogP contribution is -2.40. The molecule has 3 atom stereocenters. The first kappa shape index (κ1) is 50.8. The quantitative estimate of drug-likeness (QED) is 0.0205. The molecule has 302 valence electrons. The van der Waals surface area contributed by atoms with Crippen LogP contribution < -0.4 is 0 Å². The molecule has 51 heavy (non-hydrogen) atoms. The highest BCUT2D eigenvalue weighted by Crippen LogP contribution is 2.23. The molecule has 0 aromatic carbocycles. The summed E-state index contributed by atoms with van der Waals surface area (Å²) in [5.74, 6) is 2.56. The molecule has 0 amide bonds. The number of unbranched alkanes of at least 4 members (excludes halogenated alkanes) is 11. The van der Waals surface area contributed by atoms with Gasteiger partial charge in [-0.2, -0.15) is 0 Å². The normalized spacial score (nSPS) is 14.7. The molecule has 0 N–H and O–H groups in total. The maximum absolute atomic E-state index is 6.61. The van der Waals surface area contributed by atoms with E-state index in [1.165, 1.54) is 140 Å². The van der Waals surface area contributed by atoms with Crippen LogP contribution in [0.2, 0.25) is 13.1 Å². The summed E-state index contributed by atoms with van der Waals surface area (Å²) < 4.78 is 19.4. The lowest BCUT2D eigenvalue weighted by atomic mass is 9.91. The molecule has 0 saturated heterocycles. The third-order valence-corrected chi connectivity index (χ3v) is 12.4. The Kier molecular flexibility index (Phi) is 36.6. The first-order valence-corrected chi connectivity index (χ1v) is 26.0. The standard InChI is InChI=1S/C46H89BrO3Si/c1-9-10-11-12-13-14-15-16-17-18-19-20-21-22-25-37-46(50-51(7,8)49-40-27-24-23-26-39-47)48-41-38-45(6)36-30-35-44(5)34-29-33-43(4)32-28-31-42(2)3/h13-14,16-17,38,42-44,46H,9-12,15,18-37,39-41H2,1-8H3/b14-13-,17-16-,45-38+. The van der Waals surface area contributed by atoms with Gasteiger partial charge in [-0.25, -0.2) is 0 Å². The van der Waals surface area contributed by atoms with E-state index in [4.69, 9.17) is 13.6 Å². The summed E-state index contributed by atoms with van der Waals surface area (Å²) in [5, 5.41) is 1.09. The van der Waals surface area contributed by atoms with Gasteiger partial charge in [0.15, 0.2) is 0 Å². The molecular formula is C46H89BrO3Si. The number of hydrogen-bond acceptors (Lipinski definition) is 3. The summed E-state index contributed by atoms with van der Waals surface area (Å²) in [5.41, 5.74) is 1.45. The number of hydrogen-bond donors (Lipinski definition) is 0. The molecule has 0 aromatic heterocycles. The van der Waals surface area contributed by atoms with E-state index in [0.717, 1.165) is 55.4 Å². The fourth-order valence-electron chi connectivity index (χ4n) is 6.62. The van der Waals surface area contributed by atoms with Crippen molar-refractivity contribution >= 4 is 24.5 Å². The Hall–Kier alpha value is -0.203. The average Bonchev–Trinajstić information content (AvgIpc) is 3.07. The van der Waals surface area contributed by atoms with Crippen LogP contribution in [-0.2, 0) is 13.6 Å². The van der Waals surface area contributed by atoms with Crippen LogP contribution in [0.1, 0.15) is 202 Å². The van der Waals surface area contributed by atoms with Gasteiger partial charge in [0.05, 0.1) is 6.61 Å².